The Hall–Kier alpha value is -3.98. The van der Waals surface area contributed by atoms with Crippen molar-refractivity contribution in [3.05, 3.63) is 65.5 Å². The predicted molar refractivity (Wildman–Crippen MR) is 146 cm³/mol. The van der Waals surface area contributed by atoms with Crippen LogP contribution in [0.5, 0.6) is 0 Å². The summed E-state index contributed by atoms with van der Waals surface area (Å²) in [6, 6.07) is 16.8. The van der Waals surface area contributed by atoms with Crippen LogP contribution in [-0.2, 0) is 9.53 Å². The normalized spacial score (nSPS) is 18.3. The molecule has 2 fully saturated rings. The molecule has 9 heteroatoms. The molecule has 2 aromatic heterocycles. The first-order valence-electron chi connectivity index (χ1n) is 13.1. The Morgan fingerprint density at radius 1 is 0.974 bits per heavy atom. The first-order valence-corrected chi connectivity index (χ1v) is 13.1. The number of ether oxygens (including phenoxy) is 1. The van der Waals surface area contributed by atoms with Crippen molar-refractivity contribution in [1.82, 2.24) is 20.0 Å². The van der Waals surface area contributed by atoms with Gasteiger partial charge in [0, 0.05) is 50.6 Å². The average molecular weight is 513 g/mol. The van der Waals surface area contributed by atoms with Crippen molar-refractivity contribution in [1.29, 1.82) is 0 Å². The van der Waals surface area contributed by atoms with Gasteiger partial charge in [0.1, 0.15) is 11.6 Å². The highest BCUT2D eigenvalue weighted by Gasteiger charge is 2.29. The van der Waals surface area contributed by atoms with Crippen LogP contribution < -0.4 is 9.80 Å². The van der Waals surface area contributed by atoms with Crippen LogP contribution in [0.15, 0.2) is 53.1 Å². The Morgan fingerprint density at radius 2 is 1.76 bits per heavy atom. The molecule has 1 atom stereocenters. The molecule has 6 rings (SSSR count). The van der Waals surface area contributed by atoms with Gasteiger partial charge in [-0.05, 0) is 37.1 Å². The van der Waals surface area contributed by atoms with Crippen molar-refractivity contribution in [2.45, 2.75) is 26.8 Å². The average Bonchev–Trinajstić information content (AvgIpc) is 3.30. The van der Waals surface area contributed by atoms with Crippen LogP contribution >= 0.6 is 0 Å². The van der Waals surface area contributed by atoms with E-state index in [0.29, 0.717) is 45.3 Å². The predicted octanol–water partition coefficient (Wildman–Crippen LogP) is 4.15. The molecular weight excluding hydrogens is 480 g/mol. The van der Waals surface area contributed by atoms with E-state index in [9.17, 15) is 4.79 Å². The second kappa shape index (κ2) is 10.1. The van der Waals surface area contributed by atoms with Crippen LogP contribution in [0.1, 0.15) is 30.0 Å². The second-order valence-corrected chi connectivity index (χ2v) is 9.97. The smallest absolute Gasteiger partial charge is 0.228 e. The Morgan fingerprint density at radius 3 is 2.47 bits per heavy atom. The Labute approximate surface area is 222 Å². The number of morpholine rings is 1. The molecule has 0 unspecified atom stereocenters. The molecule has 0 aliphatic carbocycles. The molecule has 38 heavy (non-hydrogen) atoms. The molecule has 2 aliphatic rings. The van der Waals surface area contributed by atoms with E-state index in [2.05, 4.69) is 57.4 Å². The molecule has 2 aromatic carbocycles. The number of anilines is 2. The summed E-state index contributed by atoms with van der Waals surface area (Å²) in [5.41, 5.74) is 4.97. The number of aryl methyl sites for hydroxylation is 2. The Balaban J connectivity index is 1.48. The molecule has 4 heterocycles. The molecule has 0 saturated carbocycles. The quantitative estimate of drug-likeness (QED) is 0.403. The number of benzene rings is 2. The largest absolute Gasteiger partial charge is 0.377 e. The fourth-order valence-corrected chi connectivity index (χ4v) is 5.54. The van der Waals surface area contributed by atoms with Crippen molar-refractivity contribution in [3.63, 3.8) is 0 Å². The summed E-state index contributed by atoms with van der Waals surface area (Å²) < 4.78 is 11.4. The van der Waals surface area contributed by atoms with Gasteiger partial charge in [-0.2, -0.15) is 4.98 Å². The summed E-state index contributed by atoms with van der Waals surface area (Å²) in [7, 11) is 0. The van der Waals surface area contributed by atoms with Gasteiger partial charge in [0.25, 0.3) is 0 Å². The lowest BCUT2D eigenvalue weighted by molar-refractivity contribution is -0.129. The lowest BCUT2D eigenvalue weighted by atomic mass is 10.0. The zero-order valence-corrected chi connectivity index (χ0v) is 22.1. The molecule has 0 spiro atoms. The van der Waals surface area contributed by atoms with Gasteiger partial charge < -0.3 is 24.0 Å². The fourth-order valence-electron chi connectivity index (χ4n) is 5.54. The third kappa shape index (κ3) is 4.47. The highest BCUT2D eigenvalue weighted by molar-refractivity contribution is 5.94. The molecule has 9 nitrogen and oxygen atoms in total. The molecule has 196 valence electrons. The number of carbonyl (C=O) groups is 1. The number of nitrogens with zero attached hydrogens (tertiary/aromatic N) is 6. The minimum Gasteiger partial charge on any atom is -0.377 e. The highest BCUT2D eigenvalue weighted by Crippen LogP contribution is 2.37. The maximum Gasteiger partial charge on any atom is 0.228 e. The van der Waals surface area contributed by atoms with E-state index in [4.69, 9.17) is 19.2 Å². The molecule has 4 aromatic rings. The van der Waals surface area contributed by atoms with Gasteiger partial charge in [0.15, 0.2) is 0 Å². The first-order chi connectivity index (χ1) is 18.5. The summed E-state index contributed by atoms with van der Waals surface area (Å²) in [4.78, 5) is 28.5. The maximum atomic E-state index is 11.9. The van der Waals surface area contributed by atoms with E-state index < -0.39 is 0 Å². The Bertz CT molecular complexity index is 1440. The number of hydrogen-bond donors (Lipinski definition) is 0. The number of rotatable bonds is 4. The number of fused-ring (bicyclic) bond motifs is 1. The molecule has 0 bridgehead atoms. The molecule has 1 amide bonds. The van der Waals surface area contributed by atoms with Gasteiger partial charge in [0.2, 0.25) is 11.9 Å². The molecular formula is C29H32N6O3. The fraction of sp³-hybridized carbons (Fsp3) is 0.379. The minimum atomic E-state index is 0.0354. The van der Waals surface area contributed by atoms with Gasteiger partial charge in [-0.25, -0.2) is 4.98 Å². The van der Waals surface area contributed by atoms with E-state index >= 15 is 0 Å². The summed E-state index contributed by atoms with van der Waals surface area (Å²) in [6.45, 7) is 10.2. The third-order valence-corrected chi connectivity index (χ3v) is 7.58. The van der Waals surface area contributed by atoms with Crippen molar-refractivity contribution in [2.24, 2.45) is 0 Å². The third-order valence-electron chi connectivity index (χ3n) is 7.58. The number of amides is 1. The standard InChI is InChI=1S/C29H32N6O3/c1-19-27(20(2)38-32-19)23-9-10-25-24(17-23)28(31-29(30-25)34-13-11-33(12-14-34)21(3)36)35-15-16-37-18-26(35)22-7-5-4-6-8-22/h4-10,17,26H,11-16,18H2,1-3H3/t26-/m1/s1. The highest BCUT2D eigenvalue weighted by atomic mass is 16.5. The van der Waals surface area contributed by atoms with Crippen LogP contribution in [0.2, 0.25) is 0 Å². The van der Waals surface area contributed by atoms with E-state index in [1.54, 1.807) is 6.92 Å². The van der Waals surface area contributed by atoms with Crippen molar-refractivity contribution >= 4 is 28.6 Å². The molecule has 0 N–H and O–H groups in total. The van der Waals surface area contributed by atoms with Gasteiger partial charge in [-0.3, -0.25) is 4.79 Å². The van der Waals surface area contributed by atoms with Crippen LogP contribution in [0.3, 0.4) is 0 Å². The number of piperazine rings is 1. The van der Waals surface area contributed by atoms with Crippen LogP contribution in [0.25, 0.3) is 22.0 Å². The van der Waals surface area contributed by atoms with Crippen LogP contribution in [0.4, 0.5) is 11.8 Å². The van der Waals surface area contributed by atoms with Crippen LogP contribution in [0, 0.1) is 13.8 Å². The van der Waals surface area contributed by atoms with Gasteiger partial charge in [0.05, 0.1) is 30.5 Å². The van der Waals surface area contributed by atoms with E-state index in [-0.39, 0.29) is 11.9 Å². The Kier molecular flexibility index (Phi) is 6.45. The molecule has 2 aliphatic heterocycles. The SMILES string of the molecule is CC(=O)N1CCN(c2nc(N3CCOC[C@@H]3c3ccccc3)c3cc(-c4c(C)noc4C)ccc3n2)CC1. The summed E-state index contributed by atoms with van der Waals surface area (Å²) in [5, 5.41) is 5.15. The summed E-state index contributed by atoms with van der Waals surface area (Å²) in [6.07, 6.45) is 0. The van der Waals surface area contributed by atoms with Gasteiger partial charge in [-0.15, -0.1) is 0 Å². The lowest BCUT2D eigenvalue weighted by Crippen LogP contribution is -2.48. The zero-order chi connectivity index (χ0) is 26.2. The summed E-state index contributed by atoms with van der Waals surface area (Å²) >= 11 is 0. The summed E-state index contributed by atoms with van der Waals surface area (Å²) in [5.74, 6) is 2.48. The number of hydrogen-bond acceptors (Lipinski definition) is 8. The molecule has 0 radical (unpaired) electrons. The van der Waals surface area contributed by atoms with Crippen molar-refractivity contribution in [2.75, 3.05) is 55.7 Å². The van der Waals surface area contributed by atoms with E-state index in [0.717, 1.165) is 45.8 Å². The van der Waals surface area contributed by atoms with Crippen LogP contribution in [-0.4, -0.2) is 71.9 Å². The lowest BCUT2D eigenvalue weighted by Gasteiger charge is -2.38. The van der Waals surface area contributed by atoms with Gasteiger partial charge >= 0.3 is 0 Å². The number of carbonyl (C=O) groups excluding carboxylic acids is 1. The van der Waals surface area contributed by atoms with Gasteiger partial charge in [-0.1, -0.05) is 41.6 Å². The monoisotopic (exact) mass is 512 g/mol. The van der Waals surface area contributed by atoms with Crippen molar-refractivity contribution < 1.29 is 14.1 Å². The zero-order valence-electron chi connectivity index (χ0n) is 22.1. The number of aromatic nitrogens is 3. The molecule has 2 saturated heterocycles. The van der Waals surface area contributed by atoms with E-state index in [1.165, 1.54) is 5.56 Å². The topological polar surface area (TPSA) is 87.8 Å². The van der Waals surface area contributed by atoms with Crippen molar-refractivity contribution in [3.8, 4) is 11.1 Å². The minimum absolute atomic E-state index is 0.0354. The maximum absolute atomic E-state index is 11.9. The second-order valence-electron chi connectivity index (χ2n) is 9.97. The first kappa shape index (κ1) is 24.4. The van der Waals surface area contributed by atoms with E-state index in [1.807, 2.05) is 24.8 Å².